The molecule has 1 aliphatic heterocycles. The van der Waals surface area contributed by atoms with E-state index in [4.69, 9.17) is 16.7 Å². The van der Waals surface area contributed by atoms with Crippen LogP contribution in [0.2, 0.25) is 5.02 Å². The van der Waals surface area contributed by atoms with Gasteiger partial charge < -0.3 is 9.29 Å². The van der Waals surface area contributed by atoms with Crippen molar-refractivity contribution in [2.45, 2.75) is 5.16 Å². The molecule has 1 aliphatic rings. The number of H-pyrrole nitrogens is 1. The minimum Gasteiger partial charge on any atom is -0.343 e. The summed E-state index contributed by atoms with van der Waals surface area (Å²) in [5, 5.41) is 6.12. The first-order valence-corrected chi connectivity index (χ1v) is 12.4. The second kappa shape index (κ2) is 6.81. The van der Waals surface area contributed by atoms with E-state index in [-0.39, 0.29) is 5.56 Å². The fraction of sp³-hybridized carbons (Fsp3) is 0.143. The predicted molar refractivity (Wildman–Crippen MR) is 124 cm³/mol. The number of hydrogen-bond donors (Lipinski definition) is 1. The van der Waals surface area contributed by atoms with Crippen molar-refractivity contribution in [2.24, 2.45) is 0 Å². The molecule has 5 heterocycles. The fourth-order valence-corrected chi connectivity index (χ4v) is 7.03. The number of aromatic amines is 1. The lowest BCUT2D eigenvalue weighted by atomic mass is 10.3. The van der Waals surface area contributed by atoms with Crippen LogP contribution >= 0.6 is 21.8 Å². The number of anilines is 1. The van der Waals surface area contributed by atoms with E-state index < -0.39 is 16.0 Å². The lowest BCUT2D eigenvalue weighted by Crippen LogP contribution is -2.47. The summed E-state index contributed by atoms with van der Waals surface area (Å²) in [6.45, 7) is 0.664. The molecule has 6 rings (SSSR count). The van der Waals surface area contributed by atoms with Gasteiger partial charge in [0.1, 0.15) is 17.5 Å². The predicted octanol–water partition coefficient (Wildman–Crippen LogP) is 3.78. The van der Waals surface area contributed by atoms with Gasteiger partial charge in [0.15, 0.2) is 16.8 Å². The molecule has 1 atom stereocenters. The Hall–Kier alpha value is -3.37. The van der Waals surface area contributed by atoms with E-state index >= 15 is 0 Å². The number of halogens is 2. The molecule has 1 fully saturated rings. The molecule has 0 aliphatic carbocycles. The number of fused-ring (bicyclic) bond motifs is 2. The summed E-state index contributed by atoms with van der Waals surface area (Å²) in [6.07, 6.45) is 6.44. The third kappa shape index (κ3) is 2.56. The van der Waals surface area contributed by atoms with E-state index in [2.05, 4.69) is 21.2 Å². The highest BCUT2D eigenvalue weighted by Crippen LogP contribution is 2.62. The molecule has 1 saturated heterocycles. The standard InChI is InChI=1S/C21H17ClFN7OS/c1-32(10-9-29(32)19-16-15(23)11-24-18(16)25-12-26-19)21-27-28-8-7-14(22)17(28)20(31)30(21)13-5-3-2-4-6-13/h2-8,11-12H,9-10H2,1H3,(H,24,25,26). The van der Waals surface area contributed by atoms with Gasteiger partial charge in [-0.2, -0.15) is 0 Å². The molecule has 11 heteroatoms. The van der Waals surface area contributed by atoms with Crippen molar-refractivity contribution < 1.29 is 4.39 Å². The van der Waals surface area contributed by atoms with Crippen molar-refractivity contribution in [3.05, 3.63) is 76.3 Å². The Morgan fingerprint density at radius 1 is 1.19 bits per heavy atom. The van der Waals surface area contributed by atoms with E-state index in [1.54, 1.807) is 16.8 Å². The Labute approximate surface area is 187 Å². The van der Waals surface area contributed by atoms with Gasteiger partial charge in [0, 0.05) is 24.7 Å². The Kier molecular flexibility index (Phi) is 4.11. The fourth-order valence-electron chi connectivity index (χ4n) is 4.14. The van der Waals surface area contributed by atoms with Crippen LogP contribution in [0.4, 0.5) is 10.2 Å². The van der Waals surface area contributed by atoms with Gasteiger partial charge in [0.25, 0.3) is 5.56 Å². The van der Waals surface area contributed by atoms with Crippen molar-refractivity contribution in [3.63, 3.8) is 0 Å². The lowest BCUT2D eigenvalue weighted by Gasteiger charge is -2.55. The van der Waals surface area contributed by atoms with Crippen molar-refractivity contribution in [3.8, 4) is 5.69 Å². The minimum atomic E-state index is -1.83. The molecule has 1 N–H and O–H groups in total. The van der Waals surface area contributed by atoms with E-state index in [1.807, 2.05) is 34.6 Å². The summed E-state index contributed by atoms with van der Waals surface area (Å²) < 4.78 is 19.8. The van der Waals surface area contributed by atoms with Gasteiger partial charge >= 0.3 is 0 Å². The van der Waals surface area contributed by atoms with Crippen molar-refractivity contribution in [1.82, 2.24) is 29.1 Å². The smallest absolute Gasteiger partial charge is 0.284 e. The van der Waals surface area contributed by atoms with E-state index in [1.165, 1.54) is 17.0 Å². The topological polar surface area (TPSA) is 84.1 Å². The molecule has 5 aromatic rings. The minimum absolute atomic E-state index is 0.252. The van der Waals surface area contributed by atoms with Crippen molar-refractivity contribution in [1.29, 1.82) is 0 Å². The SMILES string of the molecule is CS1(c2nn3ccc(Cl)c3c(=O)n2-c2ccccc2)CCN1c1ncnc2[nH]cc(F)c12. The Morgan fingerprint density at radius 2 is 2.00 bits per heavy atom. The number of benzene rings is 1. The molecule has 0 radical (unpaired) electrons. The molecule has 0 bridgehead atoms. The normalized spacial score (nSPS) is 20.4. The van der Waals surface area contributed by atoms with Crippen LogP contribution in [0, 0.1) is 5.82 Å². The second-order valence-electron chi connectivity index (χ2n) is 7.62. The molecule has 162 valence electrons. The van der Waals surface area contributed by atoms with E-state index in [9.17, 15) is 9.18 Å². The van der Waals surface area contributed by atoms with Crippen LogP contribution in [0.15, 0.2) is 65.1 Å². The van der Waals surface area contributed by atoms with Gasteiger partial charge in [-0.1, -0.05) is 29.8 Å². The summed E-state index contributed by atoms with van der Waals surface area (Å²) in [4.78, 5) is 25.0. The molecule has 8 nitrogen and oxygen atoms in total. The Bertz CT molecular complexity index is 1560. The number of nitrogens with one attached hydrogen (secondary N) is 1. The summed E-state index contributed by atoms with van der Waals surface area (Å²) >= 11 is 6.31. The quantitative estimate of drug-likeness (QED) is 0.434. The first kappa shape index (κ1) is 19.3. The van der Waals surface area contributed by atoms with Gasteiger partial charge in [-0.05, 0) is 24.5 Å². The maximum Gasteiger partial charge on any atom is 0.284 e. The first-order chi connectivity index (χ1) is 15.5. The molecule has 32 heavy (non-hydrogen) atoms. The van der Waals surface area contributed by atoms with Gasteiger partial charge in [-0.15, -0.1) is 15.3 Å². The maximum absolute atomic E-state index is 14.6. The van der Waals surface area contributed by atoms with Crippen LogP contribution in [-0.4, -0.2) is 47.7 Å². The summed E-state index contributed by atoms with van der Waals surface area (Å²) in [5.74, 6) is 0.868. The molecular weight excluding hydrogens is 453 g/mol. The highest BCUT2D eigenvalue weighted by atomic mass is 35.5. The van der Waals surface area contributed by atoms with Crippen molar-refractivity contribution in [2.75, 3.05) is 22.9 Å². The third-order valence-electron chi connectivity index (χ3n) is 5.83. The monoisotopic (exact) mass is 469 g/mol. The number of rotatable bonds is 3. The number of aromatic nitrogens is 6. The second-order valence-corrected chi connectivity index (χ2v) is 11.3. The number of hydrogen-bond acceptors (Lipinski definition) is 5. The van der Waals surface area contributed by atoms with Gasteiger partial charge in [0.05, 0.1) is 16.1 Å². The average molecular weight is 470 g/mol. The number of para-hydroxylation sites is 1. The largest absolute Gasteiger partial charge is 0.343 e. The van der Waals surface area contributed by atoms with Crippen molar-refractivity contribution >= 4 is 44.2 Å². The highest BCUT2D eigenvalue weighted by Gasteiger charge is 2.43. The van der Waals surface area contributed by atoms with Crippen LogP contribution in [0.3, 0.4) is 0 Å². The summed E-state index contributed by atoms with van der Waals surface area (Å²) in [6, 6.07) is 11.0. The van der Waals surface area contributed by atoms with Crippen LogP contribution in [0.5, 0.6) is 0 Å². The first-order valence-electron chi connectivity index (χ1n) is 9.86. The Balaban J connectivity index is 1.62. The van der Waals surface area contributed by atoms with Gasteiger partial charge in [-0.25, -0.2) is 18.9 Å². The highest BCUT2D eigenvalue weighted by molar-refractivity contribution is 8.35. The third-order valence-corrected chi connectivity index (χ3v) is 9.49. The Morgan fingerprint density at radius 3 is 2.75 bits per heavy atom. The van der Waals surface area contributed by atoms with Crippen LogP contribution in [-0.2, 0) is 0 Å². The van der Waals surface area contributed by atoms with E-state index in [0.29, 0.717) is 44.8 Å². The maximum atomic E-state index is 14.6. The zero-order valence-electron chi connectivity index (χ0n) is 16.9. The van der Waals surface area contributed by atoms with Gasteiger partial charge in [0.2, 0.25) is 0 Å². The zero-order valence-corrected chi connectivity index (χ0v) is 18.4. The summed E-state index contributed by atoms with van der Waals surface area (Å²) in [5.41, 5.74) is 1.19. The molecule has 4 aromatic heterocycles. The van der Waals surface area contributed by atoms with Gasteiger partial charge in [-0.3, -0.25) is 9.36 Å². The summed E-state index contributed by atoms with van der Waals surface area (Å²) in [7, 11) is -1.83. The zero-order chi connectivity index (χ0) is 22.0. The van der Waals surface area contributed by atoms with Crippen LogP contribution in [0.25, 0.3) is 22.2 Å². The van der Waals surface area contributed by atoms with E-state index in [0.717, 1.165) is 5.75 Å². The lowest BCUT2D eigenvalue weighted by molar-refractivity contribution is 0.639. The molecular formula is C21H17ClFN7OS. The van der Waals surface area contributed by atoms with Crippen LogP contribution in [0.1, 0.15) is 0 Å². The average Bonchev–Trinajstić information content (AvgIpc) is 3.36. The van der Waals surface area contributed by atoms with Crippen LogP contribution < -0.4 is 9.86 Å². The number of nitrogens with zero attached hydrogens (tertiary/aromatic N) is 6. The molecule has 0 saturated carbocycles. The molecule has 1 unspecified atom stereocenters. The molecule has 1 aromatic carbocycles. The molecule has 0 amide bonds. The molecule has 0 spiro atoms.